The van der Waals surface area contributed by atoms with Crippen molar-refractivity contribution < 1.29 is 52.4 Å². The first-order valence-electron chi connectivity index (χ1n) is 12.4. The second kappa shape index (κ2) is 14.5. The number of halogens is 2. The summed E-state index contributed by atoms with van der Waals surface area (Å²) in [7, 11) is 1.26. The molecule has 4 atom stereocenters. The monoisotopic (exact) mass is 604 g/mol. The average Bonchev–Trinajstić information content (AvgIpc) is 3.32. The predicted molar refractivity (Wildman–Crippen MR) is 138 cm³/mol. The van der Waals surface area contributed by atoms with E-state index in [1.807, 2.05) is 41.0 Å². The van der Waals surface area contributed by atoms with Crippen molar-refractivity contribution in [2.45, 2.75) is 55.7 Å². The largest absolute Gasteiger partial charge is 0.511 e. The number of carbonyl (C=O) groups excluding carboxylic acids is 5. The van der Waals surface area contributed by atoms with Crippen LogP contribution in [-0.4, -0.2) is 85.8 Å². The molecule has 3 rings (SSSR count). The smallest absolute Gasteiger partial charge is 0.441 e. The van der Waals surface area contributed by atoms with Gasteiger partial charge in [0.2, 0.25) is 17.4 Å². The molecule has 2 aliphatic heterocycles. The van der Waals surface area contributed by atoms with Crippen LogP contribution >= 0.6 is 23.2 Å². The van der Waals surface area contributed by atoms with Crippen molar-refractivity contribution in [3.8, 4) is 0 Å². The van der Waals surface area contributed by atoms with E-state index < -0.39 is 72.1 Å². The summed E-state index contributed by atoms with van der Waals surface area (Å²) in [5, 5.41) is 3.91. The highest BCUT2D eigenvalue weighted by Gasteiger charge is 2.71. The van der Waals surface area contributed by atoms with Gasteiger partial charge in [0.05, 0.1) is 6.61 Å². The molecule has 0 aromatic heterocycles. The summed E-state index contributed by atoms with van der Waals surface area (Å²) in [6, 6.07) is 9.82. The van der Waals surface area contributed by atoms with E-state index in [4.69, 9.17) is 51.6 Å². The Labute approximate surface area is 240 Å². The van der Waals surface area contributed by atoms with Gasteiger partial charge < -0.3 is 28.4 Å². The van der Waals surface area contributed by atoms with E-state index in [0.29, 0.717) is 12.8 Å². The maximum absolute atomic E-state index is 12.9. The molecular formula is C25H30Cl2N2O11. The number of nitrogens with one attached hydrogen (secondary N) is 2. The molecule has 0 bridgehead atoms. The molecule has 0 saturated carbocycles. The number of ether oxygens (including phenoxy) is 6. The molecule has 2 aliphatic rings. The third-order valence-corrected chi connectivity index (χ3v) is 6.91. The second-order valence-electron chi connectivity index (χ2n) is 8.99. The van der Waals surface area contributed by atoms with Crippen LogP contribution in [0.5, 0.6) is 0 Å². The van der Waals surface area contributed by atoms with E-state index >= 15 is 0 Å². The third-order valence-electron chi connectivity index (χ3n) is 6.42. The number of alkyl carbamates (subject to hydrolysis) is 2. The quantitative estimate of drug-likeness (QED) is 0.165. The molecular weight excluding hydrogens is 575 g/mol. The maximum atomic E-state index is 12.9. The normalized spacial score (nSPS) is 25.4. The summed E-state index contributed by atoms with van der Waals surface area (Å²) >= 11 is 10.9. The predicted octanol–water partition coefficient (Wildman–Crippen LogP) is 2.79. The number of imide groups is 2. The van der Waals surface area contributed by atoms with Crippen LogP contribution in [-0.2, 0) is 44.4 Å². The highest BCUT2D eigenvalue weighted by molar-refractivity contribution is 6.28. The van der Waals surface area contributed by atoms with Crippen molar-refractivity contribution in [1.82, 2.24) is 10.6 Å². The minimum Gasteiger partial charge on any atom is -0.441 e. The minimum atomic E-state index is -2.01. The van der Waals surface area contributed by atoms with Crippen LogP contribution < -0.4 is 10.6 Å². The summed E-state index contributed by atoms with van der Waals surface area (Å²) in [6.45, 7) is -0.880. The molecule has 0 aliphatic carbocycles. The number of benzene rings is 1. The van der Waals surface area contributed by atoms with E-state index in [2.05, 4.69) is 0 Å². The molecule has 13 nitrogen and oxygen atoms in total. The van der Waals surface area contributed by atoms with Gasteiger partial charge >= 0.3 is 18.3 Å². The number of unbranched alkanes of at least 4 members (excludes halogenated alkanes) is 2. The van der Waals surface area contributed by atoms with Crippen LogP contribution in [0.25, 0.3) is 0 Å². The SMILES string of the molecule is CO[C@@H]1[C@H](OC(=O)NC(=O)CCl)CO[C@]2(COC(=O)O2)[C@]1(CCCCCc1ccccc1)OC(=O)NC(=O)CCl. The Morgan fingerprint density at radius 2 is 1.68 bits per heavy atom. The van der Waals surface area contributed by atoms with E-state index in [0.717, 1.165) is 18.4 Å². The Morgan fingerprint density at radius 3 is 2.27 bits per heavy atom. The molecule has 1 spiro atoms. The summed E-state index contributed by atoms with van der Waals surface area (Å²) in [4.78, 5) is 60.7. The van der Waals surface area contributed by atoms with Gasteiger partial charge in [0.15, 0.2) is 12.7 Å². The molecule has 0 unspecified atom stereocenters. The fraction of sp³-hybridized carbons (Fsp3) is 0.560. The Hall–Kier alpha value is -3.13. The Bertz CT molecular complexity index is 1080. The van der Waals surface area contributed by atoms with Gasteiger partial charge in [-0.1, -0.05) is 36.8 Å². The lowest BCUT2D eigenvalue weighted by molar-refractivity contribution is -0.353. The van der Waals surface area contributed by atoms with Gasteiger partial charge in [0.1, 0.15) is 17.9 Å². The maximum Gasteiger partial charge on any atom is 0.511 e. The fourth-order valence-electron chi connectivity index (χ4n) is 4.72. The number of hydrogen-bond acceptors (Lipinski definition) is 11. The second-order valence-corrected chi connectivity index (χ2v) is 9.53. The zero-order chi connectivity index (χ0) is 29.2. The lowest BCUT2D eigenvalue weighted by Crippen LogP contribution is -2.74. The van der Waals surface area contributed by atoms with E-state index in [-0.39, 0.29) is 13.0 Å². The molecule has 2 fully saturated rings. The van der Waals surface area contributed by atoms with Crippen LogP contribution in [0.1, 0.15) is 31.2 Å². The molecule has 220 valence electrons. The number of aryl methyl sites for hydroxylation is 1. The third kappa shape index (κ3) is 7.53. The lowest BCUT2D eigenvalue weighted by Gasteiger charge is -2.52. The zero-order valence-electron chi connectivity index (χ0n) is 21.7. The Balaban J connectivity index is 1.90. The summed E-state index contributed by atoms with van der Waals surface area (Å²) in [5.74, 6) is -4.70. The summed E-state index contributed by atoms with van der Waals surface area (Å²) in [6.07, 6.45) is -3.49. The van der Waals surface area contributed by atoms with E-state index in [1.165, 1.54) is 7.11 Å². The zero-order valence-corrected chi connectivity index (χ0v) is 23.2. The van der Waals surface area contributed by atoms with Crippen molar-refractivity contribution in [3.63, 3.8) is 0 Å². The minimum absolute atomic E-state index is 0.0263. The number of methoxy groups -OCH3 is 1. The Kier molecular flexibility index (Phi) is 11.4. The first kappa shape index (κ1) is 31.4. The molecule has 2 heterocycles. The number of amides is 4. The number of alkyl halides is 2. The molecule has 0 radical (unpaired) electrons. The highest BCUT2D eigenvalue weighted by Crippen LogP contribution is 2.47. The fourth-order valence-corrected chi connectivity index (χ4v) is 4.85. The van der Waals surface area contributed by atoms with Gasteiger partial charge in [-0.25, -0.2) is 14.4 Å². The van der Waals surface area contributed by atoms with Crippen molar-refractivity contribution in [1.29, 1.82) is 0 Å². The number of hydrogen-bond donors (Lipinski definition) is 2. The van der Waals surface area contributed by atoms with Gasteiger partial charge in [0, 0.05) is 7.11 Å². The molecule has 2 saturated heterocycles. The topological polar surface area (TPSA) is 165 Å². The molecule has 4 amide bonds. The van der Waals surface area contributed by atoms with Gasteiger partial charge in [-0.3, -0.25) is 20.2 Å². The van der Waals surface area contributed by atoms with Crippen molar-refractivity contribution in [2.75, 3.05) is 32.1 Å². The Morgan fingerprint density at radius 1 is 1.00 bits per heavy atom. The average molecular weight is 605 g/mol. The van der Waals surface area contributed by atoms with Crippen LogP contribution in [0, 0.1) is 0 Å². The number of rotatable bonds is 11. The van der Waals surface area contributed by atoms with Crippen LogP contribution in [0.2, 0.25) is 0 Å². The standard InChI is InChI=1S/C25H30Cl2N2O11/c1-35-20-17(38-21(32)28-18(30)12-26)14-37-25(15-36-23(34)40-25)24(20,39-22(33)29-19(31)13-27)11-7-3-6-10-16-8-4-2-5-9-16/h2,4-5,8-9,17,20H,3,6-7,10-15H2,1H3,(H,28,30,32)(H,29,31,33)/t17-,20-,24-,25+/m1/s1. The number of carbonyl (C=O) groups is 5. The molecule has 1 aromatic carbocycles. The molecule has 40 heavy (non-hydrogen) atoms. The summed E-state index contributed by atoms with van der Waals surface area (Å²) in [5.41, 5.74) is -0.833. The van der Waals surface area contributed by atoms with Gasteiger partial charge in [-0.05, 0) is 31.2 Å². The van der Waals surface area contributed by atoms with Crippen LogP contribution in [0.15, 0.2) is 30.3 Å². The van der Waals surface area contributed by atoms with E-state index in [9.17, 15) is 24.0 Å². The van der Waals surface area contributed by atoms with Crippen molar-refractivity contribution in [3.05, 3.63) is 35.9 Å². The molecule has 1 aromatic rings. The van der Waals surface area contributed by atoms with Gasteiger partial charge in [0.25, 0.3) is 5.79 Å². The highest BCUT2D eigenvalue weighted by atomic mass is 35.5. The number of cyclic esters (lactones) is 1. The van der Waals surface area contributed by atoms with Crippen LogP contribution in [0.3, 0.4) is 0 Å². The van der Waals surface area contributed by atoms with Crippen molar-refractivity contribution in [2.24, 2.45) is 0 Å². The van der Waals surface area contributed by atoms with Gasteiger partial charge in [-0.2, -0.15) is 0 Å². The molecule has 15 heteroatoms. The van der Waals surface area contributed by atoms with E-state index in [1.54, 1.807) is 0 Å². The first-order valence-corrected chi connectivity index (χ1v) is 13.5. The van der Waals surface area contributed by atoms with Crippen molar-refractivity contribution >= 4 is 53.4 Å². The first-order chi connectivity index (χ1) is 19.2. The summed E-state index contributed by atoms with van der Waals surface area (Å²) < 4.78 is 33.1. The van der Waals surface area contributed by atoms with Gasteiger partial charge in [-0.15, -0.1) is 23.2 Å². The molecule has 2 N–H and O–H groups in total. The van der Waals surface area contributed by atoms with Crippen LogP contribution in [0.4, 0.5) is 14.4 Å². The lowest BCUT2D eigenvalue weighted by atomic mass is 9.77.